The Morgan fingerprint density at radius 3 is 2.62 bits per heavy atom. The van der Waals surface area contributed by atoms with E-state index in [0.29, 0.717) is 6.61 Å². The van der Waals surface area contributed by atoms with Gasteiger partial charge >= 0.3 is 11.9 Å². The molecule has 1 heterocycles. The van der Waals surface area contributed by atoms with E-state index in [9.17, 15) is 19.7 Å². The van der Waals surface area contributed by atoms with E-state index in [0.717, 1.165) is 19.3 Å². The summed E-state index contributed by atoms with van der Waals surface area (Å²) in [5.41, 5.74) is 0. The van der Waals surface area contributed by atoms with Gasteiger partial charge in [-0.3, -0.25) is 19.7 Å². The zero-order chi connectivity index (χ0) is 17.9. The van der Waals surface area contributed by atoms with Crippen LogP contribution in [0.3, 0.4) is 0 Å². The molecule has 0 radical (unpaired) electrons. The molecule has 9 heteroatoms. The number of methoxy groups -OCH3 is 1. The molecule has 24 heavy (non-hydrogen) atoms. The van der Waals surface area contributed by atoms with Crippen molar-refractivity contribution in [1.29, 1.82) is 0 Å². The lowest BCUT2D eigenvalue weighted by Crippen LogP contribution is -2.38. The number of hydrogen-bond donors (Lipinski definition) is 0. The van der Waals surface area contributed by atoms with E-state index in [-0.39, 0.29) is 32.2 Å². The van der Waals surface area contributed by atoms with Crippen molar-refractivity contribution in [2.75, 3.05) is 20.3 Å². The van der Waals surface area contributed by atoms with Crippen molar-refractivity contribution in [3.05, 3.63) is 10.1 Å². The van der Waals surface area contributed by atoms with Gasteiger partial charge in [-0.25, -0.2) is 0 Å². The highest BCUT2D eigenvalue weighted by Gasteiger charge is 2.34. The molecule has 0 N–H and O–H groups in total. The van der Waals surface area contributed by atoms with Crippen LogP contribution in [-0.4, -0.2) is 55.6 Å². The number of carbonyl (C=O) groups excluding carboxylic acids is 2. The average molecular weight is 348 g/mol. The number of rotatable bonds is 10. The Hall–Kier alpha value is -1.74. The quantitative estimate of drug-likeness (QED) is 0.252. The van der Waals surface area contributed by atoms with Gasteiger partial charge in [-0.1, -0.05) is 0 Å². The second-order valence-electron chi connectivity index (χ2n) is 5.57. The van der Waals surface area contributed by atoms with Crippen LogP contribution in [0.15, 0.2) is 0 Å². The van der Waals surface area contributed by atoms with Crippen molar-refractivity contribution >= 4 is 11.9 Å². The summed E-state index contributed by atoms with van der Waals surface area (Å²) in [6.45, 7) is 2.00. The van der Waals surface area contributed by atoms with Crippen molar-refractivity contribution in [2.24, 2.45) is 0 Å². The molecule has 0 bridgehead atoms. The predicted molar refractivity (Wildman–Crippen MR) is 81.7 cm³/mol. The zero-order valence-corrected chi connectivity index (χ0v) is 14.1. The maximum absolute atomic E-state index is 11.3. The van der Waals surface area contributed by atoms with Crippen LogP contribution < -0.4 is 0 Å². The summed E-state index contributed by atoms with van der Waals surface area (Å²) >= 11 is 0. The Balaban J connectivity index is 2.56. The number of hydrogen-bond acceptors (Lipinski definition) is 8. The first kappa shape index (κ1) is 20.3. The SMILES string of the molecule is COC(=O)CCC([13CH](CCOC1CCCCO1)OC(C)=O)[N+](=O)[O-]. The van der Waals surface area contributed by atoms with Gasteiger partial charge in [0.1, 0.15) is 0 Å². The van der Waals surface area contributed by atoms with Crippen molar-refractivity contribution in [3.8, 4) is 0 Å². The van der Waals surface area contributed by atoms with Crippen LogP contribution in [-0.2, 0) is 28.5 Å². The maximum Gasteiger partial charge on any atom is 0.305 e. The Morgan fingerprint density at radius 2 is 2.08 bits per heavy atom. The molecule has 138 valence electrons. The van der Waals surface area contributed by atoms with Crippen LogP contribution in [0.1, 0.15) is 45.4 Å². The number of carbonyl (C=O) groups is 2. The fraction of sp³-hybridized carbons (Fsp3) is 0.867. The summed E-state index contributed by atoms with van der Waals surface area (Å²) in [6, 6.07) is -1.19. The van der Waals surface area contributed by atoms with Crippen molar-refractivity contribution in [2.45, 2.75) is 63.9 Å². The predicted octanol–water partition coefficient (Wildman–Crippen LogP) is 1.45. The van der Waals surface area contributed by atoms with Gasteiger partial charge in [0.05, 0.1) is 20.1 Å². The van der Waals surface area contributed by atoms with E-state index in [1.54, 1.807) is 0 Å². The Bertz CT molecular complexity index is 422. The molecule has 9 nitrogen and oxygen atoms in total. The standard InChI is InChI=1S/C15H25NO8/c1-11(17)24-13(8-10-23-15-5-3-4-9-22-15)12(16(19)20)6-7-14(18)21-2/h12-13,15H,3-10H2,1-2H3/i13+1. The Kier molecular flexibility index (Phi) is 9.24. The van der Waals surface area contributed by atoms with E-state index in [2.05, 4.69) is 4.74 Å². The first-order valence-electron chi connectivity index (χ1n) is 8.04. The largest absolute Gasteiger partial charge is 0.469 e. The Morgan fingerprint density at radius 1 is 1.33 bits per heavy atom. The third-order valence-electron chi connectivity index (χ3n) is 3.73. The minimum absolute atomic E-state index is 0.0719. The lowest BCUT2D eigenvalue weighted by Gasteiger charge is -2.24. The lowest BCUT2D eigenvalue weighted by molar-refractivity contribution is -0.535. The third kappa shape index (κ3) is 7.69. The average Bonchev–Trinajstić information content (AvgIpc) is 2.54. The molecule has 1 rings (SSSR count). The molecule has 0 aliphatic carbocycles. The topological polar surface area (TPSA) is 114 Å². The molecule has 0 spiro atoms. The molecule has 0 amide bonds. The van der Waals surface area contributed by atoms with Crippen molar-refractivity contribution in [1.82, 2.24) is 0 Å². The smallest absolute Gasteiger partial charge is 0.305 e. The molecule has 1 aliphatic heterocycles. The second kappa shape index (κ2) is 10.9. The maximum atomic E-state index is 11.3. The van der Waals surface area contributed by atoms with Crippen LogP contribution in [0.5, 0.6) is 0 Å². The van der Waals surface area contributed by atoms with Gasteiger partial charge in [0.2, 0.25) is 6.04 Å². The molecular formula is C15H25NO8. The van der Waals surface area contributed by atoms with Gasteiger partial charge in [0, 0.05) is 31.3 Å². The van der Waals surface area contributed by atoms with Crippen molar-refractivity contribution < 1.29 is 33.5 Å². The number of ether oxygens (including phenoxy) is 4. The van der Waals surface area contributed by atoms with E-state index >= 15 is 0 Å². The monoisotopic (exact) mass is 348 g/mol. The molecule has 1 fully saturated rings. The number of nitro groups is 1. The molecule has 3 atom stereocenters. The van der Waals surface area contributed by atoms with E-state index in [1.807, 2.05) is 0 Å². The van der Waals surface area contributed by atoms with Crippen LogP contribution in [0.25, 0.3) is 0 Å². The molecule has 0 saturated carbocycles. The minimum Gasteiger partial charge on any atom is -0.469 e. The van der Waals surface area contributed by atoms with E-state index in [1.165, 1.54) is 14.0 Å². The molecular weight excluding hydrogens is 323 g/mol. The van der Waals surface area contributed by atoms with E-state index < -0.39 is 29.0 Å². The highest BCUT2D eigenvalue weighted by atomic mass is 16.7. The fourth-order valence-electron chi connectivity index (χ4n) is 2.50. The molecule has 1 saturated heterocycles. The van der Waals surface area contributed by atoms with Gasteiger partial charge < -0.3 is 18.9 Å². The first-order valence-corrected chi connectivity index (χ1v) is 8.04. The lowest BCUT2D eigenvalue weighted by atomic mass is 10.2. The first-order chi connectivity index (χ1) is 11.4. The minimum atomic E-state index is -1.19. The van der Waals surface area contributed by atoms with Gasteiger partial charge in [0.15, 0.2) is 12.4 Å². The molecule has 0 aromatic rings. The number of nitrogens with zero attached hydrogens (tertiary/aromatic N) is 1. The van der Waals surface area contributed by atoms with Crippen molar-refractivity contribution in [3.63, 3.8) is 0 Å². The third-order valence-corrected chi connectivity index (χ3v) is 3.73. The van der Waals surface area contributed by atoms with Gasteiger partial charge in [0.25, 0.3) is 0 Å². The summed E-state index contributed by atoms with van der Waals surface area (Å²) in [5.74, 6) is -1.16. The highest BCUT2D eigenvalue weighted by Crippen LogP contribution is 2.18. The van der Waals surface area contributed by atoms with Crippen LogP contribution >= 0.6 is 0 Å². The second-order valence-corrected chi connectivity index (χ2v) is 5.57. The molecule has 1 aliphatic rings. The molecule has 0 aromatic carbocycles. The van der Waals surface area contributed by atoms with Gasteiger partial charge in [-0.2, -0.15) is 0 Å². The molecule has 0 aromatic heterocycles. The van der Waals surface area contributed by atoms with Crippen LogP contribution in [0, 0.1) is 10.1 Å². The summed E-state index contributed by atoms with van der Waals surface area (Å²) in [5, 5.41) is 11.3. The number of esters is 2. The normalized spacial score (nSPS) is 20.0. The fourth-order valence-corrected chi connectivity index (χ4v) is 2.50. The van der Waals surface area contributed by atoms with Gasteiger partial charge in [-0.05, 0) is 19.3 Å². The van der Waals surface area contributed by atoms with Crippen LogP contribution in [0.2, 0.25) is 0 Å². The highest BCUT2D eigenvalue weighted by molar-refractivity contribution is 5.69. The van der Waals surface area contributed by atoms with Crippen LogP contribution in [0.4, 0.5) is 0 Å². The Labute approximate surface area is 140 Å². The summed E-state index contributed by atoms with van der Waals surface area (Å²) < 4.78 is 20.5. The summed E-state index contributed by atoms with van der Waals surface area (Å²) in [4.78, 5) is 33.2. The van der Waals surface area contributed by atoms with E-state index in [4.69, 9.17) is 14.2 Å². The zero-order valence-electron chi connectivity index (χ0n) is 14.1. The summed E-state index contributed by atoms with van der Waals surface area (Å²) in [6.07, 6.45) is 1.46. The summed E-state index contributed by atoms with van der Waals surface area (Å²) in [7, 11) is 1.21. The van der Waals surface area contributed by atoms with Gasteiger partial charge in [-0.15, -0.1) is 0 Å². The molecule has 3 unspecified atom stereocenters.